The molecular formula is C24H27N5O3. The summed E-state index contributed by atoms with van der Waals surface area (Å²) in [5, 5.41) is 2.94. The summed E-state index contributed by atoms with van der Waals surface area (Å²) in [6.07, 6.45) is 2.40. The third kappa shape index (κ3) is 6.01. The van der Waals surface area contributed by atoms with Gasteiger partial charge in [0.2, 0.25) is 11.8 Å². The predicted octanol–water partition coefficient (Wildman–Crippen LogP) is 2.57. The smallest absolute Gasteiger partial charge is 0.270 e. The van der Waals surface area contributed by atoms with Crippen LogP contribution in [0.4, 0.5) is 5.95 Å². The van der Waals surface area contributed by atoms with Crippen LogP contribution in [0.3, 0.4) is 0 Å². The number of anilines is 1. The van der Waals surface area contributed by atoms with Crippen molar-refractivity contribution in [2.45, 2.75) is 19.9 Å². The molecule has 1 aliphatic rings. The van der Waals surface area contributed by atoms with Crippen LogP contribution < -0.4 is 15.0 Å². The maximum absolute atomic E-state index is 12.9. The maximum Gasteiger partial charge on any atom is 0.270 e. The minimum absolute atomic E-state index is 0.266. The van der Waals surface area contributed by atoms with E-state index in [1.807, 2.05) is 54.3 Å². The standard InChI is InChI=1S/C24H27N5O3/c1-18-5-4-6-19(15-18)17-26-23(30)21-16-22(32-12-8-20-7-2-3-9-25-20)28-24(27-21)29-10-13-31-14-11-29/h2-7,9,15-16H,8,10-14,17H2,1H3,(H,26,30). The Balaban J connectivity index is 1.47. The van der Waals surface area contributed by atoms with Gasteiger partial charge >= 0.3 is 0 Å². The molecule has 8 nitrogen and oxygen atoms in total. The monoisotopic (exact) mass is 433 g/mol. The molecule has 0 spiro atoms. The summed E-state index contributed by atoms with van der Waals surface area (Å²) in [6.45, 7) is 5.39. The third-order valence-electron chi connectivity index (χ3n) is 5.09. The number of carbonyl (C=O) groups excluding carboxylic acids is 1. The van der Waals surface area contributed by atoms with Gasteiger partial charge in [-0.15, -0.1) is 0 Å². The highest BCUT2D eigenvalue weighted by atomic mass is 16.5. The van der Waals surface area contributed by atoms with E-state index < -0.39 is 0 Å². The number of hydrogen-bond donors (Lipinski definition) is 1. The number of morpholine rings is 1. The van der Waals surface area contributed by atoms with E-state index in [-0.39, 0.29) is 11.6 Å². The van der Waals surface area contributed by atoms with Crippen LogP contribution in [0.2, 0.25) is 0 Å². The molecule has 1 saturated heterocycles. The lowest BCUT2D eigenvalue weighted by atomic mass is 10.1. The molecule has 0 saturated carbocycles. The first-order valence-electron chi connectivity index (χ1n) is 10.8. The van der Waals surface area contributed by atoms with E-state index in [0.29, 0.717) is 57.7 Å². The summed E-state index contributed by atoms with van der Waals surface area (Å²) in [5.41, 5.74) is 3.40. The molecule has 8 heteroatoms. The molecule has 2 aromatic heterocycles. The fraction of sp³-hybridized carbons (Fsp3) is 0.333. The molecule has 1 N–H and O–H groups in total. The van der Waals surface area contributed by atoms with Gasteiger partial charge < -0.3 is 19.7 Å². The lowest BCUT2D eigenvalue weighted by Crippen LogP contribution is -2.38. The van der Waals surface area contributed by atoms with Gasteiger partial charge in [-0.1, -0.05) is 35.9 Å². The van der Waals surface area contributed by atoms with Gasteiger partial charge in [-0.25, -0.2) is 4.98 Å². The number of aryl methyl sites for hydroxylation is 1. The van der Waals surface area contributed by atoms with E-state index in [1.54, 1.807) is 12.3 Å². The molecule has 0 aliphatic carbocycles. The zero-order chi connectivity index (χ0) is 22.2. The molecule has 0 unspecified atom stereocenters. The zero-order valence-corrected chi connectivity index (χ0v) is 18.2. The Morgan fingerprint density at radius 1 is 1.12 bits per heavy atom. The van der Waals surface area contributed by atoms with Gasteiger partial charge in [0.15, 0.2) is 0 Å². The Kier molecular flexibility index (Phi) is 7.24. The van der Waals surface area contributed by atoms with Crippen LogP contribution in [0.25, 0.3) is 0 Å². The summed E-state index contributed by atoms with van der Waals surface area (Å²) >= 11 is 0. The molecule has 1 aromatic carbocycles. The summed E-state index contributed by atoms with van der Waals surface area (Å²) in [7, 11) is 0. The van der Waals surface area contributed by atoms with E-state index >= 15 is 0 Å². The molecule has 3 heterocycles. The summed E-state index contributed by atoms with van der Waals surface area (Å²) in [4.78, 5) is 28.2. The number of hydrogen-bond acceptors (Lipinski definition) is 7. The Morgan fingerprint density at radius 2 is 2.00 bits per heavy atom. The number of nitrogens with one attached hydrogen (secondary N) is 1. The second-order valence-corrected chi connectivity index (χ2v) is 7.58. The SMILES string of the molecule is Cc1cccc(CNC(=O)c2cc(OCCc3ccccn3)nc(N3CCOCC3)n2)c1. The first kappa shape index (κ1) is 21.7. The van der Waals surface area contributed by atoms with Crippen molar-refractivity contribution in [3.8, 4) is 5.88 Å². The lowest BCUT2D eigenvalue weighted by molar-refractivity contribution is 0.0945. The molecule has 0 atom stereocenters. The van der Waals surface area contributed by atoms with Crippen molar-refractivity contribution in [2.75, 3.05) is 37.8 Å². The average molecular weight is 434 g/mol. The zero-order valence-electron chi connectivity index (χ0n) is 18.2. The van der Waals surface area contributed by atoms with Crippen molar-refractivity contribution in [3.63, 3.8) is 0 Å². The Morgan fingerprint density at radius 3 is 2.78 bits per heavy atom. The van der Waals surface area contributed by atoms with Crippen LogP contribution in [-0.2, 0) is 17.7 Å². The fourth-order valence-corrected chi connectivity index (χ4v) is 3.41. The largest absolute Gasteiger partial charge is 0.477 e. The van der Waals surface area contributed by atoms with Crippen molar-refractivity contribution in [1.29, 1.82) is 0 Å². The lowest BCUT2D eigenvalue weighted by Gasteiger charge is -2.27. The third-order valence-corrected chi connectivity index (χ3v) is 5.09. The summed E-state index contributed by atoms with van der Waals surface area (Å²) < 4.78 is 11.3. The van der Waals surface area contributed by atoms with E-state index in [2.05, 4.69) is 20.3 Å². The Hall–Kier alpha value is -3.52. The van der Waals surface area contributed by atoms with E-state index in [4.69, 9.17) is 9.47 Å². The highest BCUT2D eigenvalue weighted by Gasteiger charge is 2.19. The highest BCUT2D eigenvalue weighted by molar-refractivity contribution is 5.92. The molecule has 0 radical (unpaired) electrons. The van der Waals surface area contributed by atoms with Gasteiger partial charge in [0, 0.05) is 44.0 Å². The number of nitrogens with zero attached hydrogens (tertiary/aromatic N) is 4. The van der Waals surface area contributed by atoms with Crippen LogP contribution in [-0.4, -0.2) is 53.8 Å². The summed E-state index contributed by atoms with van der Waals surface area (Å²) in [5.74, 6) is 0.584. The van der Waals surface area contributed by atoms with Crippen LogP contribution in [0, 0.1) is 6.92 Å². The predicted molar refractivity (Wildman–Crippen MR) is 121 cm³/mol. The molecule has 4 rings (SSSR count). The van der Waals surface area contributed by atoms with Gasteiger partial charge in [0.25, 0.3) is 5.91 Å². The maximum atomic E-state index is 12.9. The number of pyridine rings is 1. The highest BCUT2D eigenvalue weighted by Crippen LogP contribution is 2.18. The van der Waals surface area contributed by atoms with Gasteiger partial charge in [0.1, 0.15) is 5.69 Å². The molecule has 0 bridgehead atoms. The minimum Gasteiger partial charge on any atom is -0.477 e. The number of amides is 1. The van der Waals surface area contributed by atoms with Crippen LogP contribution >= 0.6 is 0 Å². The molecular weight excluding hydrogens is 406 g/mol. The molecule has 32 heavy (non-hydrogen) atoms. The summed E-state index contributed by atoms with van der Waals surface area (Å²) in [6, 6.07) is 15.4. The normalized spacial score (nSPS) is 13.6. The Labute approximate surface area is 187 Å². The van der Waals surface area contributed by atoms with Crippen molar-refractivity contribution >= 4 is 11.9 Å². The average Bonchev–Trinajstić information content (AvgIpc) is 2.84. The topological polar surface area (TPSA) is 89.5 Å². The molecule has 166 valence electrons. The number of carbonyl (C=O) groups is 1. The van der Waals surface area contributed by atoms with Crippen molar-refractivity contribution in [2.24, 2.45) is 0 Å². The number of aromatic nitrogens is 3. The molecule has 1 fully saturated rings. The molecule has 1 aliphatic heterocycles. The Bertz CT molecular complexity index is 1040. The second kappa shape index (κ2) is 10.7. The molecule has 1 amide bonds. The fourth-order valence-electron chi connectivity index (χ4n) is 3.41. The first-order chi connectivity index (χ1) is 15.7. The van der Waals surface area contributed by atoms with Crippen molar-refractivity contribution in [3.05, 3.63) is 77.2 Å². The number of ether oxygens (including phenoxy) is 2. The van der Waals surface area contributed by atoms with Gasteiger partial charge in [-0.2, -0.15) is 4.98 Å². The second-order valence-electron chi connectivity index (χ2n) is 7.58. The molecule has 3 aromatic rings. The van der Waals surface area contributed by atoms with Crippen LogP contribution in [0.1, 0.15) is 27.3 Å². The van der Waals surface area contributed by atoms with Crippen LogP contribution in [0.15, 0.2) is 54.7 Å². The van der Waals surface area contributed by atoms with E-state index in [0.717, 1.165) is 16.8 Å². The van der Waals surface area contributed by atoms with Gasteiger partial charge in [0.05, 0.1) is 19.8 Å². The number of rotatable bonds is 8. The van der Waals surface area contributed by atoms with Crippen LogP contribution in [0.5, 0.6) is 5.88 Å². The quantitative estimate of drug-likeness (QED) is 0.584. The first-order valence-corrected chi connectivity index (χ1v) is 10.8. The van der Waals surface area contributed by atoms with E-state index in [1.165, 1.54) is 0 Å². The van der Waals surface area contributed by atoms with Crippen molar-refractivity contribution < 1.29 is 14.3 Å². The van der Waals surface area contributed by atoms with Gasteiger partial charge in [-0.3, -0.25) is 9.78 Å². The van der Waals surface area contributed by atoms with E-state index in [9.17, 15) is 4.79 Å². The minimum atomic E-state index is -0.266. The van der Waals surface area contributed by atoms with Gasteiger partial charge in [-0.05, 0) is 24.6 Å². The number of benzene rings is 1. The van der Waals surface area contributed by atoms with Crippen molar-refractivity contribution in [1.82, 2.24) is 20.3 Å².